The fourth-order valence-corrected chi connectivity index (χ4v) is 4.79. The fourth-order valence-electron chi connectivity index (χ4n) is 4.79. The molecule has 5 aromatic heterocycles. The van der Waals surface area contributed by atoms with Gasteiger partial charge in [-0.2, -0.15) is 5.10 Å². The molecule has 0 spiro atoms. The van der Waals surface area contributed by atoms with E-state index in [0.29, 0.717) is 23.6 Å². The predicted molar refractivity (Wildman–Crippen MR) is 154 cm³/mol. The quantitative estimate of drug-likeness (QED) is 0.253. The van der Waals surface area contributed by atoms with Crippen LogP contribution in [0.4, 0.5) is 5.69 Å². The summed E-state index contributed by atoms with van der Waals surface area (Å²) in [5.41, 5.74) is 8.25. The molecule has 7 rings (SSSR count). The molecule has 9 nitrogen and oxygen atoms in total. The predicted octanol–water partition coefficient (Wildman–Crippen LogP) is 5.81. The zero-order chi connectivity index (χ0) is 26.9. The molecular weight excluding hydrogens is 500 g/mol. The molecule has 0 saturated carbocycles. The van der Waals surface area contributed by atoms with E-state index in [1.165, 1.54) is 0 Å². The van der Waals surface area contributed by atoms with Gasteiger partial charge in [0.15, 0.2) is 5.82 Å². The number of anilines is 1. The van der Waals surface area contributed by atoms with Crippen LogP contribution >= 0.6 is 0 Å². The first-order valence-electron chi connectivity index (χ1n) is 12.7. The van der Waals surface area contributed by atoms with Crippen molar-refractivity contribution in [1.29, 1.82) is 0 Å². The van der Waals surface area contributed by atoms with E-state index in [-0.39, 0.29) is 5.91 Å². The summed E-state index contributed by atoms with van der Waals surface area (Å²) in [7, 11) is 0. The summed E-state index contributed by atoms with van der Waals surface area (Å²) in [5, 5.41) is 11.5. The molecule has 0 radical (unpaired) electrons. The van der Waals surface area contributed by atoms with Crippen LogP contribution in [0.1, 0.15) is 5.56 Å². The van der Waals surface area contributed by atoms with Crippen molar-refractivity contribution >= 4 is 33.5 Å². The first-order chi connectivity index (χ1) is 19.7. The Morgan fingerprint density at radius 1 is 0.775 bits per heavy atom. The Kier molecular flexibility index (Phi) is 5.78. The minimum absolute atomic E-state index is 0.0947. The van der Waals surface area contributed by atoms with E-state index in [1.807, 2.05) is 72.8 Å². The van der Waals surface area contributed by atoms with Crippen molar-refractivity contribution in [2.45, 2.75) is 6.42 Å². The zero-order valence-electron chi connectivity index (χ0n) is 21.2. The number of nitrogens with one attached hydrogen (secondary N) is 3. The summed E-state index contributed by atoms with van der Waals surface area (Å²) in [6.45, 7) is 0. The van der Waals surface area contributed by atoms with E-state index in [1.54, 1.807) is 31.0 Å². The van der Waals surface area contributed by atoms with Gasteiger partial charge < -0.3 is 10.3 Å². The van der Waals surface area contributed by atoms with Crippen LogP contribution in [-0.2, 0) is 11.2 Å². The Bertz CT molecular complexity index is 1980. The Labute approximate surface area is 228 Å². The van der Waals surface area contributed by atoms with Crippen molar-refractivity contribution in [3.8, 4) is 33.9 Å². The molecule has 0 unspecified atom stereocenters. The summed E-state index contributed by atoms with van der Waals surface area (Å²) in [5.74, 6) is 0.541. The number of amides is 1. The molecular formula is C31H22N8O. The number of aromatic amines is 2. The second kappa shape index (κ2) is 9.88. The number of aromatic nitrogens is 7. The Morgan fingerprint density at radius 3 is 2.55 bits per heavy atom. The molecule has 0 atom stereocenters. The second-order valence-corrected chi connectivity index (χ2v) is 9.39. The van der Waals surface area contributed by atoms with Crippen LogP contribution in [-0.4, -0.2) is 41.0 Å². The minimum Gasteiger partial charge on any atom is -0.336 e. The third-order valence-corrected chi connectivity index (χ3v) is 6.69. The number of pyridine rings is 3. The highest BCUT2D eigenvalue weighted by Crippen LogP contribution is 2.32. The van der Waals surface area contributed by atoms with Crippen LogP contribution in [0, 0.1) is 0 Å². The zero-order valence-corrected chi connectivity index (χ0v) is 21.2. The molecule has 9 heteroatoms. The van der Waals surface area contributed by atoms with Crippen LogP contribution in [0.25, 0.3) is 55.8 Å². The van der Waals surface area contributed by atoms with Gasteiger partial charge in [-0.3, -0.25) is 24.8 Å². The van der Waals surface area contributed by atoms with Crippen LogP contribution in [0.15, 0.2) is 104 Å². The van der Waals surface area contributed by atoms with E-state index < -0.39 is 0 Å². The molecule has 40 heavy (non-hydrogen) atoms. The highest BCUT2D eigenvalue weighted by atomic mass is 16.1. The van der Waals surface area contributed by atoms with Gasteiger partial charge in [0.25, 0.3) is 0 Å². The van der Waals surface area contributed by atoms with Gasteiger partial charge in [-0.1, -0.05) is 36.4 Å². The van der Waals surface area contributed by atoms with Crippen molar-refractivity contribution < 1.29 is 4.79 Å². The molecule has 0 aliphatic rings. The number of hydrogen-bond acceptors (Lipinski definition) is 6. The lowest BCUT2D eigenvalue weighted by Crippen LogP contribution is -2.14. The van der Waals surface area contributed by atoms with Crippen LogP contribution in [0.5, 0.6) is 0 Å². The van der Waals surface area contributed by atoms with Gasteiger partial charge in [0.2, 0.25) is 5.91 Å². The molecule has 0 fully saturated rings. The Balaban J connectivity index is 1.21. The molecule has 3 N–H and O–H groups in total. The molecule has 1 amide bonds. The average molecular weight is 523 g/mol. The summed E-state index contributed by atoms with van der Waals surface area (Å²) in [4.78, 5) is 34.0. The maximum Gasteiger partial charge on any atom is 0.228 e. The number of hydrogen-bond donors (Lipinski definition) is 3. The molecule has 2 aromatic carbocycles. The monoisotopic (exact) mass is 522 g/mol. The van der Waals surface area contributed by atoms with Crippen LogP contribution in [0.2, 0.25) is 0 Å². The lowest BCUT2D eigenvalue weighted by molar-refractivity contribution is -0.115. The van der Waals surface area contributed by atoms with Gasteiger partial charge in [-0.05, 0) is 47.5 Å². The molecule has 5 heterocycles. The highest BCUT2D eigenvalue weighted by molar-refractivity contribution is 5.98. The van der Waals surface area contributed by atoms with Gasteiger partial charge in [-0.25, -0.2) is 4.98 Å². The Morgan fingerprint density at radius 2 is 1.68 bits per heavy atom. The molecule has 7 aromatic rings. The van der Waals surface area contributed by atoms with E-state index in [0.717, 1.165) is 49.9 Å². The molecule has 0 saturated heterocycles. The molecule has 0 bridgehead atoms. The number of carbonyl (C=O) groups is 1. The summed E-state index contributed by atoms with van der Waals surface area (Å²) in [6.07, 6.45) is 8.99. The van der Waals surface area contributed by atoms with Gasteiger partial charge >= 0.3 is 0 Å². The topological polar surface area (TPSA) is 125 Å². The number of benzene rings is 2. The largest absolute Gasteiger partial charge is 0.336 e. The maximum atomic E-state index is 12.6. The standard InChI is InChI=1S/C31H22N8O/c40-27(13-19-5-2-1-3-6-19)35-23-14-22(17-33-18-23)20-8-9-25-24(15-20)29(39-38-25)31-36-26-10-12-34-28(30(26)37-31)21-7-4-11-32-16-21/h1-12,14-18H,13H2,(H,35,40)(H,36,37)(H,38,39). The number of carbonyl (C=O) groups excluding carboxylic acids is 1. The normalized spacial score (nSPS) is 11.2. The summed E-state index contributed by atoms with van der Waals surface area (Å²) in [6, 6.07) is 23.3. The van der Waals surface area contributed by atoms with Crippen LogP contribution in [0.3, 0.4) is 0 Å². The third kappa shape index (κ3) is 4.45. The number of fused-ring (bicyclic) bond motifs is 2. The lowest BCUT2D eigenvalue weighted by Gasteiger charge is -2.08. The van der Waals surface area contributed by atoms with Crippen molar-refractivity contribution in [2.24, 2.45) is 0 Å². The lowest BCUT2D eigenvalue weighted by atomic mass is 10.0. The smallest absolute Gasteiger partial charge is 0.228 e. The first kappa shape index (κ1) is 23.4. The van der Waals surface area contributed by atoms with Gasteiger partial charge in [0.1, 0.15) is 11.2 Å². The van der Waals surface area contributed by atoms with Gasteiger partial charge in [-0.15, -0.1) is 0 Å². The average Bonchev–Trinajstić information content (AvgIpc) is 3.62. The fraction of sp³-hybridized carbons (Fsp3) is 0.0323. The van der Waals surface area contributed by atoms with E-state index >= 15 is 0 Å². The second-order valence-electron chi connectivity index (χ2n) is 9.39. The van der Waals surface area contributed by atoms with Crippen molar-refractivity contribution in [3.05, 3.63) is 109 Å². The number of H-pyrrole nitrogens is 2. The molecule has 192 valence electrons. The van der Waals surface area contributed by atoms with Crippen molar-refractivity contribution in [3.63, 3.8) is 0 Å². The molecule has 0 aliphatic carbocycles. The van der Waals surface area contributed by atoms with Gasteiger partial charge in [0, 0.05) is 41.3 Å². The number of imidazole rings is 1. The Hall–Kier alpha value is -5.70. The van der Waals surface area contributed by atoms with Crippen molar-refractivity contribution in [2.75, 3.05) is 5.32 Å². The number of nitrogens with zero attached hydrogens (tertiary/aromatic N) is 5. The summed E-state index contributed by atoms with van der Waals surface area (Å²) < 4.78 is 0. The minimum atomic E-state index is -0.0947. The summed E-state index contributed by atoms with van der Waals surface area (Å²) >= 11 is 0. The maximum absolute atomic E-state index is 12.6. The first-order valence-corrected chi connectivity index (χ1v) is 12.7. The van der Waals surface area contributed by atoms with E-state index in [4.69, 9.17) is 4.98 Å². The third-order valence-electron chi connectivity index (χ3n) is 6.69. The number of rotatable bonds is 6. The highest BCUT2D eigenvalue weighted by Gasteiger charge is 2.17. The van der Waals surface area contributed by atoms with E-state index in [2.05, 4.69) is 35.5 Å². The van der Waals surface area contributed by atoms with Crippen molar-refractivity contribution in [1.82, 2.24) is 35.1 Å². The van der Waals surface area contributed by atoms with Gasteiger partial charge in [0.05, 0.1) is 35.0 Å². The van der Waals surface area contributed by atoms with Crippen LogP contribution < -0.4 is 5.32 Å². The SMILES string of the molecule is O=C(Cc1ccccc1)Nc1cncc(-c2ccc3[nH]nc(-c4nc5c(-c6cccnc6)nccc5[nH]4)c3c2)c1. The van der Waals surface area contributed by atoms with E-state index in [9.17, 15) is 4.79 Å². The molecule has 0 aliphatic heterocycles.